The lowest BCUT2D eigenvalue weighted by Crippen LogP contribution is -2.14. The third-order valence-electron chi connectivity index (χ3n) is 4.27. The van der Waals surface area contributed by atoms with Gasteiger partial charge in [-0.2, -0.15) is 0 Å². The first kappa shape index (κ1) is 18.4. The number of amides is 1. The summed E-state index contributed by atoms with van der Waals surface area (Å²) in [4.78, 5) is 18.0. The van der Waals surface area contributed by atoms with Crippen molar-refractivity contribution in [1.82, 2.24) is 4.98 Å². The normalized spacial score (nSPS) is 13.1. The summed E-state index contributed by atoms with van der Waals surface area (Å²) in [6.07, 6.45) is 1.01. The van der Waals surface area contributed by atoms with Crippen LogP contribution in [0.3, 0.4) is 0 Å². The first-order valence-electron chi connectivity index (χ1n) is 9.00. The molecule has 1 aliphatic rings. The summed E-state index contributed by atoms with van der Waals surface area (Å²) in [6.45, 7) is 3.10. The number of carbonyl (C=O) groups excluding carboxylic acids is 1. The number of thiazole rings is 1. The number of halogens is 1. The molecule has 0 bridgehead atoms. The Morgan fingerprint density at radius 3 is 2.68 bits per heavy atom. The second kappa shape index (κ2) is 7.98. The van der Waals surface area contributed by atoms with Crippen LogP contribution in [0.1, 0.15) is 16.3 Å². The Kier molecular flexibility index (Phi) is 5.25. The smallest absolute Gasteiger partial charge is 0.229 e. The van der Waals surface area contributed by atoms with Gasteiger partial charge in [0.25, 0.3) is 0 Å². The number of hydrogen-bond donors (Lipinski definition) is 1. The Bertz CT molecular complexity index is 1000. The summed E-state index contributed by atoms with van der Waals surface area (Å²) in [7, 11) is 0. The van der Waals surface area contributed by atoms with E-state index >= 15 is 0 Å². The van der Waals surface area contributed by atoms with E-state index in [0.29, 0.717) is 30.4 Å². The molecule has 7 heteroatoms. The number of rotatable bonds is 4. The minimum atomic E-state index is -0.301. The van der Waals surface area contributed by atoms with Crippen molar-refractivity contribution < 1.29 is 18.7 Å². The second-order valence-corrected chi connectivity index (χ2v) is 7.74. The summed E-state index contributed by atoms with van der Waals surface area (Å²) >= 11 is 1.47. The first-order valence-corrected chi connectivity index (χ1v) is 9.82. The molecule has 2 aromatic carbocycles. The van der Waals surface area contributed by atoms with E-state index in [9.17, 15) is 9.18 Å². The summed E-state index contributed by atoms with van der Waals surface area (Å²) in [6, 6.07) is 11.5. The van der Waals surface area contributed by atoms with E-state index in [1.165, 1.54) is 23.5 Å². The van der Waals surface area contributed by atoms with Crippen molar-refractivity contribution in [1.29, 1.82) is 0 Å². The number of carbonyl (C=O) groups is 1. The molecule has 28 heavy (non-hydrogen) atoms. The Hall–Kier alpha value is -2.93. The molecule has 0 saturated carbocycles. The molecule has 1 amide bonds. The standard InChI is InChI=1S/C21H19FN2O3S/c1-13-23-21(14-3-5-15(22)6-4-14)19(28-13)12-20(25)24-16-7-8-17-18(11-16)27-10-2-9-26-17/h3-8,11H,2,9-10,12H2,1H3,(H,24,25). The SMILES string of the molecule is Cc1nc(-c2ccc(F)cc2)c(CC(=O)Nc2ccc3c(c2)OCCCO3)s1. The van der Waals surface area contributed by atoms with Crippen molar-refractivity contribution in [3.05, 3.63) is 58.2 Å². The van der Waals surface area contributed by atoms with Crippen LogP contribution in [0.4, 0.5) is 10.1 Å². The lowest BCUT2D eigenvalue weighted by Gasteiger charge is -2.10. The molecule has 1 N–H and O–H groups in total. The molecular weight excluding hydrogens is 379 g/mol. The largest absolute Gasteiger partial charge is 0.490 e. The van der Waals surface area contributed by atoms with Gasteiger partial charge in [-0.1, -0.05) is 0 Å². The highest BCUT2D eigenvalue weighted by atomic mass is 32.1. The van der Waals surface area contributed by atoms with Gasteiger partial charge in [0.2, 0.25) is 5.91 Å². The molecule has 1 aliphatic heterocycles. The van der Waals surface area contributed by atoms with Gasteiger partial charge in [-0.15, -0.1) is 11.3 Å². The van der Waals surface area contributed by atoms with Crippen molar-refractivity contribution in [2.24, 2.45) is 0 Å². The topological polar surface area (TPSA) is 60.5 Å². The zero-order valence-electron chi connectivity index (χ0n) is 15.3. The highest BCUT2D eigenvalue weighted by molar-refractivity contribution is 7.12. The summed E-state index contributed by atoms with van der Waals surface area (Å²) in [5, 5.41) is 3.76. The molecule has 2 heterocycles. The number of aromatic nitrogens is 1. The molecular formula is C21H19FN2O3S. The van der Waals surface area contributed by atoms with Crippen LogP contribution in [0.25, 0.3) is 11.3 Å². The summed E-state index contributed by atoms with van der Waals surface area (Å²) in [5.41, 5.74) is 2.17. The third-order valence-corrected chi connectivity index (χ3v) is 5.25. The fraction of sp³-hybridized carbons (Fsp3) is 0.238. The van der Waals surface area contributed by atoms with Gasteiger partial charge in [0.05, 0.1) is 30.3 Å². The minimum Gasteiger partial charge on any atom is -0.490 e. The number of hydrogen-bond acceptors (Lipinski definition) is 5. The maximum absolute atomic E-state index is 13.2. The number of fused-ring (bicyclic) bond motifs is 1. The molecule has 0 atom stereocenters. The van der Waals surface area contributed by atoms with Gasteiger partial charge in [-0.05, 0) is 43.3 Å². The monoisotopic (exact) mass is 398 g/mol. The minimum absolute atomic E-state index is 0.151. The van der Waals surface area contributed by atoms with Crippen LogP contribution in [0.2, 0.25) is 0 Å². The van der Waals surface area contributed by atoms with Gasteiger partial charge in [-0.25, -0.2) is 9.37 Å². The van der Waals surface area contributed by atoms with Gasteiger partial charge in [0, 0.05) is 28.6 Å². The molecule has 144 valence electrons. The Balaban J connectivity index is 1.50. The molecule has 0 unspecified atom stereocenters. The summed E-state index contributed by atoms with van der Waals surface area (Å²) in [5.74, 6) is 0.869. The van der Waals surface area contributed by atoms with E-state index in [1.54, 1.807) is 30.3 Å². The van der Waals surface area contributed by atoms with Gasteiger partial charge in [0.15, 0.2) is 11.5 Å². The van der Waals surface area contributed by atoms with E-state index in [-0.39, 0.29) is 18.1 Å². The molecule has 1 aromatic heterocycles. The van der Waals surface area contributed by atoms with Gasteiger partial charge < -0.3 is 14.8 Å². The fourth-order valence-electron chi connectivity index (χ4n) is 3.01. The second-order valence-electron chi connectivity index (χ2n) is 6.45. The van der Waals surface area contributed by atoms with Gasteiger partial charge in [-0.3, -0.25) is 4.79 Å². The van der Waals surface area contributed by atoms with Gasteiger partial charge >= 0.3 is 0 Å². The third kappa shape index (κ3) is 4.14. The highest BCUT2D eigenvalue weighted by Crippen LogP contribution is 2.33. The van der Waals surface area contributed by atoms with E-state index < -0.39 is 0 Å². The number of benzene rings is 2. The average molecular weight is 398 g/mol. The lowest BCUT2D eigenvalue weighted by molar-refractivity contribution is -0.115. The number of anilines is 1. The fourth-order valence-corrected chi connectivity index (χ4v) is 3.97. The Morgan fingerprint density at radius 1 is 1.14 bits per heavy atom. The summed E-state index contributed by atoms with van der Waals surface area (Å²) < 4.78 is 24.5. The predicted octanol–water partition coefficient (Wildman–Crippen LogP) is 4.60. The predicted molar refractivity (Wildman–Crippen MR) is 107 cm³/mol. The first-order chi connectivity index (χ1) is 13.6. The van der Waals surface area contributed by atoms with E-state index in [4.69, 9.17) is 9.47 Å². The molecule has 0 aliphatic carbocycles. The van der Waals surface area contributed by atoms with Crippen LogP contribution in [0.15, 0.2) is 42.5 Å². The molecule has 4 rings (SSSR count). The maximum atomic E-state index is 13.2. The molecule has 3 aromatic rings. The van der Waals surface area contributed by atoms with Crippen molar-refractivity contribution >= 4 is 22.9 Å². The number of nitrogens with one attached hydrogen (secondary N) is 1. The van der Waals surface area contributed by atoms with Crippen LogP contribution in [-0.4, -0.2) is 24.1 Å². The average Bonchev–Trinajstić information content (AvgIpc) is 2.88. The highest BCUT2D eigenvalue weighted by Gasteiger charge is 2.16. The zero-order valence-corrected chi connectivity index (χ0v) is 16.1. The van der Waals surface area contributed by atoms with E-state index in [1.807, 2.05) is 6.92 Å². The van der Waals surface area contributed by atoms with Crippen LogP contribution >= 0.6 is 11.3 Å². The van der Waals surface area contributed by atoms with E-state index in [2.05, 4.69) is 10.3 Å². The van der Waals surface area contributed by atoms with Crippen molar-refractivity contribution in [3.63, 3.8) is 0 Å². The van der Waals surface area contributed by atoms with Crippen LogP contribution in [-0.2, 0) is 11.2 Å². The maximum Gasteiger partial charge on any atom is 0.229 e. The molecule has 0 saturated heterocycles. The Morgan fingerprint density at radius 2 is 1.89 bits per heavy atom. The van der Waals surface area contributed by atoms with E-state index in [0.717, 1.165) is 27.6 Å². The van der Waals surface area contributed by atoms with Crippen LogP contribution in [0.5, 0.6) is 11.5 Å². The lowest BCUT2D eigenvalue weighted by atomic mass is 10.1. The molecule has 0 radical (unpaired) electrons. The number of ether oxygens (including phenoxy) is 2. The number of nitrogens with zero attached hydrogens (tertiary/aromatic N) is 1. The van der Waals surface area contributed by atoms with Crippen molar-refractivity contribution in [2.45, 2.75) is 19.8 Å². The van der Waals surface area contributed by atoms with Gasteiger partial charge in [0.1, 0.15) is 5.82 Å². The zero-order chi connectivity index (χ0) is 19.5. The quantitative estimate of drug-likeness (QED) is 0.698. The molecule has 0 fully saturated rings. The van der Waals surface area contributed by atoms with Crippen LogP contribution < -0.4 is 14.8 Å². The molecule has 5 nitrogen and oxygen atoms in total. The van der Waals surface area contributed by atoms with Crippen molar-refractivity contribution in [2.75, 3.05) is 18.5 Å². The van der Waals surface area contributed by atoms with Crippen LogP contribution in [0, 0.1) is 12.7 Å². The number of aryl methyl sites for hydroxylation is 1. The molecule has 0 spiro atoms. The van der Waals surface area contributed by atoms with Crippen molar-refractivity contribution in [3.8, 4) is 22.8 Å². The Labute approximate surface area is 166 Å².